The lowest BCUT2D eigenvalue weighted by Gasteiger charge is -2.04. The van der Waals surface area contributed by atoms with Crippen LogP contribution in [-0.4, -0.2) is 23.3 Å². The Morgan fingerprint density at radius 3 is 2.54 bits per heavy atom. The highest BCUT2D eigenvalue weighted by Crippen LogP contribution is 2.17. The van der Waals surface area contributed by atoms with Crippen molar-refractivity contribution in [1.29, 1.82) is 0 Å². The van der Waals surface area contributed by atoms with E-state index in [0.29, 0.717) is 22.9 Å². The lowest BCUT2D eigenvalue weighted by atomic mass is 10.1. The SMILES string of the molecule is O=C(Cc1csc(NC(=O)c2ccc(F)cc2)n1)NCCCc1ccccc1. The number of aryl methyl sites for hydroxylation is 1. The van der Waals surface area contributed by atoms with Crippen LogP contribution in [0.3, 0.4) is 0 Å². The minimum Gasteiger partial charge on any atom is -0.356 e. The number of benzene rings is 2. The molecule has 28 heavy (non-hydrogen) atoms. The number of halogens is 1. The van der Waals surface area contributed by atoms with Crippen LogP contribution in [0.15, 0.2) is 60.0 Å². The number of nitrogens with zero attached hydrogens (tertiary/aromatic N) is 1. The van der Waals surface area contributed by atoms with E-state index < -0.39 is 5.82 Å². The number of carbonyl (C=O) groups is 2. The van der Waals surface area contributed by atoms with Gasteiger partial charge >= 0.3 is 0 Å². The number of hydrogen-bond donors (Lipinski definition) is 2. The van der Waals surface area contributed by atoms with Crippen molar-refractivity contribution in [3.05, 3.63) is 82.6 Å². The third-order valence-corrected chi connectivity index (χ3v) is 4.83. The fraction of sp³-hybridized carbons (Fsp3) is 0.190. The van der Waals surface area contributed by atoms with Crippen molar-refractivity contribution in [2.45, 2.75) is 19.3 Å². The highest BCUT2D eigenvalue weighted by atomic mass is 32.1. The molecule has 7 heteroatoms. The molecular formula is C21H20FN3O2S. The third kappa shape index (κ3) is 5.99. The van der Waals surface area contributed by atoms with Crippen molar-refractivity contribution < 1.29 is 14.0 Å². The second-order valence-corrected chi connectivity index (χ2v) is 7.08. The molecule has 2 amide bonds. The Balaban J connectivity index is 1.41. The van der Waals surface area contributed by atoms with Gasteiger partial charge in [-0.05, 0) is 42.7 Å². The molecule has 1 aromatic heterocycles. The van der Waals surface area contributed by atoms with Gasteiger partial charge in [-0.3, -0.25) is 14.9 Å². The lowest BCUT2D eigenvalue weighted by molar-refractivity contribution is -0.120. The van der Waals surface area contributed by atoms with Gasteiger partial charge in [0.05, 0.1) is 12.1 Å². The Kier molecular flexibility index (Phi) is 6.86. The molecule has 0 saturated heterocycles. The van der Waals surface area contributed by atoms with E-state index in [-0.39, 0.29) is 18.2 Å². The molecule has 0 aliphatic carbocycles. The van der Waals surface area contributed by atoms with Crippen LogP contribution < -0.4 is 10.6 Å². The Labute approximate surface area is 166 Å². The number of aromatic nitrogens is 1. The molecule has 2 N–H and O–H groups in total. The van der Waals surface area contributed by atoms with Crippen LogP contribution in [-0.2, 0) is 17.6 Å². The first kappa shape index (κ1) is 19.7. The summed E-state index contributed by atoms with van der Waals surface area (Å²) in [6, 6.07) is 15.4. The summed E-state index contributed by atoms with van der Waals surface area (Å²) in [6.45, 7) is 0.603. The highest BCUT2D eigenvalue weighted by molar-refractivity contribution is 7.14. The number of amides is 2. The normalized spacial score (nSPS) is 10.5. The molecule has 0 saturated carbocycles. The zero-order chi connectivity index (χ0) is 19.8. The number of nitrogens with one attached hydrogen (secondary N) is 2. The molecule has 0 bridgehead atoms. The maximum Gasteiger partial charge on any atom is 0.257 e. The molecule has 2 aromatic carbocycles. The molecule has 0 fully saturated rings. The van der Waals surface area contributed by atoms with E-state index in [1.165, 1.54) is 41.2 Å². The van der Waals surface area contributed by atoms with Gasteiger partial charge in [0.15, 0.2) is 5.13 Å². The molecule has 0 radical (unpaired) electrons. The standard InChI is InChI=1S/C21H20FN3O2S/c22-17-10-8-16(9-11-17)20(27)25-21-24-18(14-28-21)13-19(26)23-12-4-7-15-5-2-1-3-6-15/h1-3,5-6,8-11,14H,4,7,12-13H2,(H,23,26)(H,24,25,27). The summed E-state index contributed by atoms with van der Waals surface area (Å²) < 4.78 is 12.9. The van der Waals surface area contributed by atoms with Crippen LogP contribution in [0.1, 0.15) is 28.0 Å². The number of anilines is 1. The first-order valence-corrected chi connectivity index (χ1v) is 9.80. The van der Waals surface area contributed by atoms with Crippen molar-refractivity contribution >= 4 is 28.3 Å². The third-order valence-electron chi connectivity index (χ3n) is 4.03. The molecule has 0 unspecified atom stereocenters. The summed E-state index contributed by atoms with van der Waals surface area (Å²) in [4.78, 5) is 28.4. The van der Waals surface area contributed by atoms with Crippen LogP contribution in [0.4, 0.5) is 9.52 Å². The van der Waals surface area contributed by atoms with E-state index in [1.54, 1.807) is 5.38 Å². The number of carbonyl (C=O) groups excluding carboxylic acids is 2. The van der Waals surface area contributed by atoms with Crippen LogP contribution in [0.5, 0.6) is 0 Å². The van der Waals surface area contributed by atoms with E-state index in [9.17, 15) is 14.0 Å². The second kappa shape index (κ2) is 9.75. The maximum absolute atomic E-state index is 12.9. The molecule has 5 nitrogen and oxygen atoms in total. The highest BCUT2D eigenvalue weighted by Gasteiger charge is 2.11. The Bertz CT molecular complexity index is 926. The van der Waals surface area contributed by atoms with Crippen LogP contribution in [0, 0.1) is 5.82 Å². The van der Waals surface area contributed by atoms with Crippen molar-refractivity contribution in [1.82, 2.24) is 10.3 Å². The topological polar surface area (TPSA) is 71.1 Å². The molecule has 144 valence electrons. The number of rotatable bonds is 8. The Morgan fingerprint density at radius 1 is 1.04 bits per heavy atom. The lowest BCUT2D eigenvalue weighted by Crippen LogP contribution is -2.26. The summed E-state index contributed by atoms with van der Waals surface area (Å²) in [5, 5.41) is 7.69. The molecule has 0 aliphatic heterocycles. The van der Waals surface area contributed by atoms with Crippen molar-refractivity contribution in [2.24, 2.45) is 0 Å². The zero-order valence-electron chi connectivity index (χ0n) is 15.2. The van der Waals surface area contributed by atoms with Crippen molar-refractivity contribution in [2.75, 3.05) is 11.9 Å². The van der Waals surface area contributed by atoms with Crippen molar-refractivity contribution in [3.63, 3.8) is 0 Å². The van der Waals surface area contributed by atoms with E-state index in [4.69, 9.17) is 0 Å². The van der Waals surface area contributed by atoms with Gasteiger partial charge in [0.1, 0.15) is 5.82 Å². The largest absolute Gasteiger partial charge is 0.356 e. The van der Waals surface area contributed by atoms with Gasteiger partial charge in [-0.2, -0.15) is 0 Å². The predicted molar refractivity (Wildman–Crippen MR) is 108 cm³/mol. The minimum atomic E-state index is -0.400. The van der Waals surface area contributed by atoms with Crippen LogP contribution in [0.2, 0.25) is 0 Å². The van der Waals surface area contributed by atoms with Gasteiger partial charge in [-0.25, -0.2) is 9.37 Å². The zero-order valence-corrected chi connectivity index (χ0v) is 16.0. The van der Waals surface area contributed by atoms with Gasteiger partial charge in [-0.1, -0.05) is 30.3 Å². The smallest absolute Gasteiger partial charge is 0.257 e. The first-order valence-electron chi connectivity index (χ1n) is 8.92. The monoisotopic (exact) mass is 397 g/mol. The van der Waals surface area contributed by atoms with E-state index in [1.807, 2.05) is 18.2 Å². The summed E-state index contributed by atoms with van der Waals surface area (Å²) in [7, 11) is 0. The summed E-state index contributed by atoms with van der Waals surface area (Å²) >= 11 is 1.25. The van der Waals surface area contributed by atoms with Crippen LogP contribution >= 0.6 is 11.3 Å². The molecule has 3 rings (SSSR count). The summed E-state index contributed by atoms with van der Waals surface area (Å²) in [5.41, 5.74) is 2.19. The van der Waals surface area contributed by atoms with Gasteiger partial charge in [0.25, 0.3) is 5.91 Å². The number of thiazole rings is 1. The van der Waals surface area contributed by atoms with E-state index >= 15 is 0 Å². The predicted octanol–water partition coefficient (Wildman–Crippen LogP) is 3.83. The van der Waals surface area contributed by atoms with E-state index in [0.717, 1.165) is 12.8 Å². The fourth-order valence-electron chi connectivity index (χ4n) is 2.61. The second-order valence-electron chi connectivity index (χ2n) is 6.22. The molecule has 1 heterocycles. The van der Waals surface area contributed by atoms with Crippen LogP contribution in [0.25, 0.3) is 0 Å². The molecule has 3 aromatic rings. The maximum atomic E-state index is 12.9. The average Bonchev–Trinajstić information content (AvgIpc) is 3.13. The van der Waals surface area contributed by atoms with Crippen molar-refractivity contribution in [3.8, 4) is 0 Å². The van der Waals surface area contributed by atoms with Gasteiger partial charge in [0.2, 0.25) is 5.91 Å². The Morgan fingerprint density at radius 2 is 1.79 bits per heavy atom. The average molecular weight is 397 g/mol. The Hall–Kier alpha value is -3.06. The van der Waals surface area contributed by atoms with Gasteiger partial charge in [-0.15, -0.1) is 11.3 Å². The first-order chi connectivity index (χ1) is 13.6. The van der Waals surface area contributed by atoms with Gasteiger partial charge < -0.3 is 5.32 Å². The summed E-state index contributed by atoms with van der Waals surface area (Å²) in [6.07, 6.45) is 1.94. The molecule has 0 aliphatic rings. The number of hydrogen-bond acceptors (Lipinski definition) is 4. The summed E-state index contributed by atoms with van der Waals surface area (Å²) in [5.74, 6) is -0.871. The van der Waals surface area contributed by atoms with Gasteiger partial charge in [0, 0.05) is 17.5 Å². The fourth-order valence-corrected chi connectivity index (χ4v) is 3.31. The molecule has 0 atom stereocenters. The molecular weight excluding hydrogens is 377 g/mol. The quantitative estimate of drug-likeness (QED) is 0.568. The molecule has 0 spiro atoms. The minimum absolute atomic E-state index is 0.102. The van der Waals surface area contributed by atoms with E-state index in [2.05, 4.69) is 27.8 Å².